The highest BCUT2D eigenvalue weighted by Crippen LogP contribution is 2.19. The molecule has 8 nitrogen and oxygen atoms in total. The van der Waals surface area contributed by atoms with Crippen LogP contribution in [-0.4, -0.2) is 47.7 Å². The number of nitrogens with one attached hydrogen (secondary N) is 1. The first kappa shape index (κ1) is 17.6. The summed E-state index contributed by atoms with van der Waals surface area (Å²) in [6, 6.07) is 3.85. The topological polar surface area (TPSA) is 93.6 Å². The minimum atomic E-state index is 0.00968. The van der Waals surface area contributed by atoms with Crippen molar-refractivity contribution in [3.63, 3.8) is 0 Å². The standard InChI is InChI=1S/C17H24N4O4/c1-23-12-15-19-16(25-20-15)6-7-18-17(22)13-4-2-8-21(10-13)11-14-5-3-9-24-14/h3,5,9,13H,2,4,6-8,10-12H2,1H3,(H,18,22). The average molecular weight is 348 g/mol. The summed E-state index contributed by atoms with van der Waals surface area (Å²) in [5.74, 6) is 2.06. The second-order valence-corrected chi connectivity index (χ2v) is 6.23. The predicted octanol–water partition coefficient (Wildman–Crippen LogP) is 1.38. The molecule has 2 aromatic rings. The van der Waals surface area contributed by atoms with Gasteiger partial charge in [0.1, 0.15) is 12.4 Å². The number of amides is 1. The van der Waals surface area contributed by atoms with Crippen LogP contribution in [0.2, 0.25) is 0 Å². The molecule has 1 N–H and O–H groups in total. The van der Waals surface area contributed by atoms with E-state index in [0.29, 0.717) is 31.3 Å². The lowest BCUT2D eigenvalue weighted by molar-refractivity contribution is -0.126. The third-order valence-corrected chi connectivity index (χ3v) is 4.26. The number of carbonyl (C=O) groups is 1. The van der Waals surface area contributed by atoms with Gasteiger partial charge in [-0.25, -0.2) is 0 Å². The molecule has 1 atom stereocenters. The highest BCUT2D eigenvalue weighted by atomic mass is 16.5. The normalized spacial score (nSPS) is 18.4. The van der Waals surface area contributed by atoms with Gasteiger partial charge < -0.3 is 19.0 Å². The van der Waals surface area contributed by atoms with Crippen LogP contribution in [-0.2, 0) is 29.1 Å². The summed E-state index contributed by atoms with van der Waals surface area (Å²) in [4.78, 5) is 18.9. The van der Waals surface area contributed by atoms with Crippen LogP contribution >= 0.6 is 0 Å². The maximum Gasteiger partial charge on any atom is 0.228 e. The maximum absolute atomic E-state index is 12.4. The smallest absolute Gasteiger partial charge is 0.228 e. The van der Waals surface area contributed by atoms with E-state index in [0.717, 1.165) is 38.2 Å². The minimum absolute atomic E-state index is 0.00968. The molecule has 3 heterocycles. The van der Waals surface area contributed by atoms with Crippen LogP contribution in [0.3, 0.4) is 0 Å². The molecule has 1 unspecified atom stereocenters. The van der Waals surface area contributed by atoms with E-state index >= 15 is 0 Å². The Hall–Kier alpha value is -2.19. The fourth-order valence-corrected chi connectivity index (χ4v) is 3.05. The number of ether oxygens (including phenoxy) is 1. The fourth-order valence-electron chi connectivity index (χ4n) is 3.05. The molecule has 1 saturated heterocycles. The van der Waals surface area contributed by atoms with Gasteiger partial charge in [0.25, 0.3) is 0 Å². The van der Waals surface area contributed by atoms with E-state index in [1.165, 1.54) is 0 Å². The van der Waals surface area contributed by atoms with Crippen LogP contribution in [0, 0.1) is 5.92 Å². The minimum Gasteiger partial charge on any atom is -0.468 e. The van der Waals surface area contributed by atoms with Gasteiger partial charge in [0, 0.05) is 26.6 Å². The summed E-state index contributed by atoms with van der Waals surface area (Å²) in [5, 5.41) is 6.77. The van der Waals surface area contributed by atoms with E-state index in [1.807, 2.05) is 12.1 Å². The van der Waals surface area contributed by atoms with Crippen molar-refractivity contribution in [3.05, 3.63) is 35.9 Å². The van der Waals surface area contributed by atoms with Crippen molar-refractivity contribution in [1.82, 2.24) is 20.4 Å². The number of likely N-dealkylation sites (tertiary alicyclic amines) is 1. The van der Waals surface area contributed by atoms with Gasteiger partial charge in [-0.2, -0.15) is 4.98 Å². The van der Waals surface area contributed by atoms with E-state index in [4.69, 9.17) is 13.7 Å². The molecular formula is C17H24N4O4. The molecule has 0 spiro atoms. The van der Waals surface area contributed by atoms with Crippen molar-refractivity contribution in [1.29, 1.82) is 0 Å². The molecule has 1 aliphatic heterocycles. The Morgan fingerprint density at radius 2 is 2.44 bits per heavy atom. The summed E-state index contributed by atoms with van der Waals surface area (Å²) in [7, 11) is 1.58. The Bertz CT molecular complexity index is 655. The molecule has 136 valence electrons. The summed E-state index contributed by atoms with van der Waals surface area (Å²) in [6.45, 7) is 3.31. The van der Waals surface area contributed by atoms with Crippen molar-refractivity contribution >= 4 is 5.91 Å². The van der Waals surface area contributed by atoms with Crippen LogP contribution in [0.4, 0.5) is 0 Å². The van der Waals surface area contributed by atoms with Gasteiger partial charge in [0.15, 0.2) is 5.82 Å². The lowest BCUT2D eigenvalue weighted by atomic mass is 9.97. The van der Waals surface area contributed by atoms with Crippen molar-refractivity contribution in [2.75, 3.05) is 26.7 Å². The van der Waals surface area contributed by atoms with Gasteiger partial charge >= 0.3 is 0 Å². The number of furan rings is 1. The van der Waals surface area contributed by atoms with Gasteiger partial charge in [-0.1, -0.05) is 5.16 Å². The molecule has 0 bridgehead atoms. The quantitative estimate of drug-likeness (QED) is 0.770. The molecule has 2 aromatic heterocycles. The van der Waals surface area contributed by atoms with Gasteiger partial charge in [0.2, 0.25) is 11.8 Å². The van der Waals surface area contributed by atoms with Crippen LogP contribution in [0.25, 0.3) is 0 Å². The molecule has 1 aliphatic rings. The first-order valence-corrected chi connectivity index (χ1v) is 8.57. The zero-order valence-electron chi connectivity index (χ0n) is 14.4. The highest BCUT2D eigenvalue weighted by molar-refractivity contribution is 5.78. The van der Waals surface area contributed by atoms with Crippen LogP contribution in [0.15, 0.2) is 27.3 Å². The number of piperidine rings is 1. The van der Waals surface area contributed by atoms with E-state index in [9.17, 15) is 4.79 Å². The van der Waals surface area contributed by atoms with Crippen LogP contribution < -0.4 is 5.32 Å². The Balaban J connectivity index is 1.41. The Labute approximate surface area is 146 Å². The van der Waals surface area contributed by atoms with Gasteiger partial charge in [0.05, 0.1) is 18.7 Å². The SMILES string of the molecule is COCc1noc(CCNC(=O)C2CCCN(Cc3ccco3)C2)n1. The molecule has 0 aliphatic carbocycles. The van der Waals surface area contributed by atoms with Gasteiger partial charge in [-0.15, -0.1) is 0 Å². The van der Waals surface area contributed by atoms with Gasteiger partial charge in [-0.05, 0) is 31.5 Å². The summed E-state index contributed by atoms with van der Waals surface area (Å²) in [6.07, 6.45) is 4.13. The molecule has 25 heavy (non-hydrogen) atoms. The molecule has 3 rings (SSSR count). The van der Waals surface area contributed by atoms with Gasteiger partial charge in [-0.3, -0.25) is 9.69 Å². The first-order chi connectivity index (χ1) is 12.2. The largest absolute Gasteiger partial charge is 0.468 e. The second kappa shape index (κ2) is 8.77. The summed E-state index contributed by atoms with van der Waals surface area (Å²) in [5.41, 5.74) is 0. The first-order valence-electron chi connectivity index (χ1n) is 8.57. The van der Waals surface area contributed by atoms with Crippen LogP contribution in [0.1, 0.15) is 30.3 Å². The molecule has 0 radical (unpaired) electrons. The van der Waals surface area contributed by atoms with Crippen molar-refractivity contribution in [2.24, 2.45) is 5.92 Å². The average Bonchev–Trinajstić information content (AvgIpc) is 3.28. The Kier molecular flexibility index (Phi) is 6.19. The molecule has 0 saturated carbocycles. The number of aromatic nitrogens is 2. The lowest BCUT2D eigenvalue weighted by Crippen LogP contribution is -2.43. The molecule has 1 amide bonds. The van der Waals surface area contributed by atoms with Crippen molar-refractivity contribution < 1.29 is 18.5 Å². The third-order valence-electron chi connectivity index (χ3n) is 4.26. The zero-order chi connectivity index (χ0) is 17.5. The fraction of sp³-hybridized carbons (Fsp3) is 0.588. The number of rotatable bonds is 8. The van der Waals surface area contributed by atoms with E-state index in [2.05, 4.69) is 20.4 Å². The number of hydrogen-bond donors (Lipinski definition) is 1. The predicted molar refractivity (Wildman–Crippen MR) is 88.4 cm³/mol. The number of methoxy groups -OCH3 is 1. The van der Waals surface area contributed by atoms with E-state index < -0.39 is 0 Å². The van der Waals surface area contributed by atoms with E-state index in [1.54, 1.807) is 13.4 Å². The monoisotopic (exact) mass is 348 g/mol. The van der Waals surface area contributed by atoms with Crippen molar-refractivity contribution in [3.8, 4) is 0 Å². The van der Waals surface area contributed by atoms with Crippen LogP contribution in [0.5, 0.6) is 0 Å². The number of carbonyl (C=O) groups excluding carboxylic acids is 1. The third kappa shape index (κ3) is 5.14. The number of nitrogens with zero attached hydrogens (tertiary/aromatic N) is 3. The molecule has 0 aromatic carbocycles. The Morgan fingerprint density at radius 1 is 1.52 bits per heavy atom. The molecular weight excluding hydrogens is 324 g/mol. The molecule has 8 heteroatoms. The highest BCUT2D eigenvalue weighted by Gasteiger charge is 2.26. The number of hydrogen-bond acceptors (Lipinski definition) is 7. The maximum atomic E-state index is 12.4. The second-order valence-electron chi connectivity index (χ2n) is 6.23. The zero-order valence-corrected chi connectivity index (χ0v) is 14.4. The Morgan fingerprint density at radius 3 is 3.24 bits per heavy atom. The lowest BCUT2D eigenvalue weighted by Gasteiger charge is -2.31. The summed E-state index contributed by atoms with van der Waals surface area (Å²) < 4.78 is 15.4. The summed E-state index contributed by atoms with van der Waals surface area (Å²) >= 11 is 0. The molecule has 1 fully saturated rings. The van der Waals surface area contributed by atoms with Crippen molar-refractivity contribution in [2.45, 2.75) is 32.4 Å². The van der Waals surface area contributed by atoms with E-state index in [-0.39, 0.29) is 11.8 Å².